The summed E-state index contributed by atoms with van der Waals surface area (Å²) < 4.78 is 6.28. The largest absolute Gasteiger partial charge is 0.493 e. The van der Waals surface area contributed by atoms with E-state index in [4.69, 9.17) is 4.74 Å². The third kappa shape index (κ3) is 40.7. The quantitative estimate of drug-likeness (QED) is 0.0640. The molecule has 0 radical (unpaired) electrons. The van der Waals surface area contributed by atoms with E-state index in [1.165, 1.54) is 257 Å². The summed E-state index contributed by atoms with van der Waals surface area (Å²) in [6.45, 7) is 8.80. The molecule has 1 aromatic rings. The Kier molecular flexibility index (Phi) is 46.8. The fraction of sp³-hybridized carbons (Fsp3) is 0.867. The summed E-state index contributed by atoms with van der Waals surface area (Å²) in [4.78, 5) is 26.6. The molecule has 0 heterocycles. The molecule has 5 heteroatoms. The van der Waals surface area contributed by atoms with Gasteiger partial charge in [-0.05, 0) is 37.5 Å². The highest BCUT2D eigenvalue weighted by Gasteiger charge is 2.16. The van der Waals surface area contributed by atoms with Crippen LogP contribution in [0.1, 0.15) is 337 Å². The van der Waals surface area contributed by atoms with Crippen LogP contribution in [-0.2, 0) is 0 Å². The van der Waals surface area contributed by atoms with Gasteiger partial charge in [0.25, 0.3) is 11.8 Å². The first-order valence-corrected chi connectivity index (χ1v) is 29.5. The Morgan fingerprint density at radius 2 is 0.600 bits per heavy atom. The monoisotopic (exact) mass is 909 g/mol. The lowest BCUT2D eigenvalue weighted by Gasteiger charge is -2.14. The molecule has 1 aromatic carbocycles. The lowest BCUT2D eigenvalue weighted by molar-refractivity contribution is 0.0937. The zero-order valence-corrected chi connectivity index (χ0v) is 44.1. The van der Waals surface area contributed by atoms with Crippen LogP contribution in [0.5, 0.6) is 5.75 Å². The zero-order valence-electron chi connectivity index (χ0n) is 44.1. The minimum absolute atomic E-state index is 0.0767. The van der Waals surface area contributed by atoms with Gasteiger partial charge in [-0.1, -0.05) is 297 Å². The number of unbranched alkanes of at least 4 members (excludes halogenated alkanes) is 43. The molecule has 0 aliphatic rings. The molecule has 0 aliphatic carbocycles. The maximum absolute atomic E-state index is 13.4. The van der Waals surface area contributed by atoms with Crippen LogP contribution >= 0.6 is 0 Å². The molecule has 2 N–H and O–H groups in total. The van der Waals surface area contributed by atoms with Crippen LogP contribution in [0.4, 0.5) is 0 Å². The van der Waals surface area contributed by atoms with Gasteiger partial charge in [-0.2, -0.15) is 0 Å². The van der Waals surface area contributed by atoms with Crippen LogP contribution in [0.15, 0.2) is 18.2 Å². The SMILES string of the molecule is CCCCCCCCCCCCCCCCCCCNC(=O)c1ccc(C(=O)NCCCCCCCCCCCCCCCCCCC)c(OCCCCCCCCCCCCCC)c1. The van der Waals surface area contributed by atoms with Gasteiger partial charge in [0.2, 0.25) is 0 Å². The van der Waals surface area contributed by atoms with Gasteiger partial charge in [-0.3, -0.25) is 9.59 Å². The number of ether oxygens (including phenoxy) is 1. The smallest absolute Gasteiger partial charge is 0.255 e. The molecule has 1 rings (SSSR count). The van der Waals surface area contributed by atoms with E-state index in [9.17, 15) is 9.59 Å². The first-order valence-electron chi connectivity index (χ1n) is 29.5. The molecular weight excluding hydrogens is 797 g/mol. The molecule has 0 aromatic heterocycles. The fourth-order valence-electron chi connectivity index (χ4n) is 9.40. The Hall–Kier alpha value is -2.04. The number of hydrogen-bond donors (Lipinski definition) is 2. The lowest BCUT2D eigenvalue weighted by atomic mass is 10.0. The topological polar surface area (TPSA) is 67.4 Å². The van der Waals surface area contributed by atoms with Gasteiger partial charge < -0.3 is 15.4 Å². The Balaban J connectivity index is 2.35. The standard InChI is InChI=1S/C60H112N2O3/c1-4-7-10-13-16-19-22-25-27-29-31-33-35-38-41-44-47-52-61-59(63)56-50-51-57(58(55-56)65-54-49-46-43-40-37-24-21-18-15-12-9-6-3)60(64)62-53-48-45-42-39-36-34-32-30-28-26-23-20-17-14-11-8-5-2/h50-51,55H,4-49,52-54H2,1-3H3,(H,61,63)(H,62,64). The minimum Gasteiger partial charge on any atom is -0.493 e. The molecule has 0 saturated heterocycles. The summed E-state index contributed by atoms with van der Waals surface area (Å²) >= 11 is 0. The summed E-state index contributed by atoms with van der Waals surface area (Å²) in [6.07, 6.45) is 61.4. The van der Waals surface area contributed by atoms with E-state index in [0.717, 1.165) is 38.5 Å². The number of rotatable bonds is 52. The van der Waals surface area contributed by atoms with Gasteiger partial charge in [0.05, 0.1) is 12.2 Å². The van der Waals surface area contributed by atoms with Gasteiger partial charge in [0.15, 0.2) is 0 Å². The second kappa shape index (κ2) is 49.9. The van der Waals surface area contributed by atoms with Crippen molar-refractivity contribution in [2.45, 2.75) is 316 Å². The number of amides is 2. The highest BCUT2D eigenvalue weighted by Crippen LogP contribution is 2.23. The highest BCUT2D eigenvalue weighted by molar-refractivity contribution is 6.00. The van der Waals surface area contributed by atoms with E-state index in [1.807, 2.05) is 0 Å². The second-order valence-electron chi connectivity index (χ2n) is 20.3. The molecule has 0 atom stereocenters. The van der Waals surface area contributed by atoms with E-state index in [1.54, 1.807) is 18.2 Å². The lowest BCUT2D eigenvalue weighted by Crippen LogP contribution is -2.26. The summed E-state index contributed by atoms with van der Waals surface area (Å²) in [5, 5.41) is 6.30. The molecule has 0 spiro atoms. The molecule has 0 fully saturated rings. The van der Waals surface area contributed by atoms with Crippen LogP contribution in [0, 0.1) is 0 Å². The maximum atomic E-state index is 13.4. The van der Waals surface area contributed by atoms with E-state index in [0.29, 0.717) is 36.6 Å². The predicted molar refractivity (Wildman–Crippen MR) is 286 cm³/mol. The fourth-order valence-corrected chi connectivity index (χ4v) is 9.40. The van der Waals surface area contributed by atoms with Gasteiger partial charge in [-0.25, -0.2) is 0 Å². The molecule has 0 saturated carbocycles. The average molecular weight is 910 g/mol. The van der Waals surface area contributed by atoms with Crippen molar-refractivity contribution in [3.63, 3.8) is 0 Å². The number of benzene rings is 1. The van der Waals surface area contributed by atoms with Crippen molar-refractivity contribution in [1.82, 2.24) is 10.6 Å². The highest BCUT2D eigenvalue weighted by atomic mass is 16.5. The molecule has 2 amide bonds. The summed E-state index contributed by atoms with van der Waals surface area (Å²) in [5.41, 5.74) is 1.12. The summed E-state index contributed by atoms with van der Waals surface area (Å²) in [5.74, 6) is 0.368. The predicted octanol–water partition coefficient (Wildman–Crippen LogP) is 19.5. The van der Waals surface area contributed by atoms with Gasteiger partial charge >= 0.3 is 0 Å². The van der Waals surface area contributed by atoms with E-state index < -0.39 is 0 Å². The van der Waals surface area contributed by atoms with E-state index in [2.05, 4.69) is 31.4 Å². The van der Waals surface area contributed by atoms with Crippen LogP contribution < -0.4 is 15.4 Å². The van der Waals surface area contributed by atoms with Crippen LogP contribution in [0.3, 0.4) is 0 Å². The molecular formula is C60H112N2O3. The normalized spacial score (nSPS) is 11.4. The van der Waals surface area contributed by atoms with Crippen molar-refractivity contribution >= 4 is 11.8 Å². The van der Waals surface area contributed by atoms with E-state index in [-0.39, 0.29) is 11.8 Å². The number of nitrogens with one attached hydrogen (secondary N) is 2. The Bertz CT molecular complexity index is 1150. The maximum Gasteiger partial charge on any atom is 0.255 e. The number of carbonyl (C=O) groups is 2. The Morgan fingerprint density at radius 1 is 0.338 bits per heavy atom. The Morgan fingerprint density at radius 3 is 0.908 bits per heavy atom. The van der Waals surface area contributed by atoms with Crippen molar-refractivity contribution in [3.05, 3.63) is 29.3 Å². The molecule has 0 unspecified atom stereocenters. The summed E-state index contributed by atoms with van der Waals surface area (Å²) in [7, 11) is 0. The first-order chi connectivity index (χ1) is 32.1. The van der Waals surface area contributed by atoms with Crippen molar-refractivity contribution < 1.29 is 14.3 Å². The van der Waals surface area contributed by atoms with E-state index >= 15 is 0 Å². The molecule has 0 aliphatic heterocycles. The number of carbonyl (C=O) groups excluding carboxylic acids is 2. The molecule has 65 heavy (non-hydrogen) atoms. The van der Waals surface area contributed by atoms with Crippen LogP contribution in [0.2, 0.25) is 0 Å². The van der Waals surface area contributed by atoms with Gasteiger partial charge in [0, 0.05) is 18.7 Å². The average Bonchev–Trinajstić information content (AvgIpc) is 3.32. The zero-order chi connectivity index (χ0) is 46.8. The van der Waals surface area contributed by atoms with Gasteiger partial charge in [-0.15, -0.1) is 0 Å². The second-order valence-corrected chi connectivity index (χ2v) is 20.3. The van der Waals surface area contributed by atoms with Crippen molar-refractivity contribution in [3.8, 4) is 5.75 Å². The number of hydrogen-bond acceptors (Lipinski definition) is 3. The van der Waals surface area contributed by atoms with Crippen molar-refractivity contribution in [2.24, 2.45) is 0 Å². The van der Waals surface area contributed by atoms with Gasteiger partial charge in [0.1, 0.15) is 5.75 Å². The Labute approximate surface area is 406 Å². The minimum atomic E-state index is -0.0957. The van der Waals surface area contributed by atoms with Crippen molar-refractivity contribution in [2.75, 3.05) is 19.7 Å². The third-order valence-corrected chi connectivity index (χ3v) is 13.9. The van der Waals surface area contributed by atoms with Crippen molar-refractivity contribution in [1.29, 1.82) is 0 Å². The summed E-state index contributed by atoms with van der Waals surface area (Å²) in [6, 6.07) is 5.40. The third-order valence-electron chi connectivity index (χ3n) is 13.9. The van der Waals surface area contributed by atoms with Crippen LogP contribution in [-0.4, -0.2) is 31.5 Å². The molecule has 5 nitrogen and oxygen atoms in total. The molecule has 380 valence electrons. The first kappa shape index (κ1) is 61.0. The molecule has 0 bridgehead atoms. The van der Waals surface area contributed by atoms with Crippen LogP contribution in [0.25, 0.3) is 0 Å².